The first kappa shape index (κ1) is 12.9. The molecule has 3 heteroatoms. The van der Waals surface area contributed by atoms with Crippen molar-refractivity contribution in [2.75, 3.05) is 39.9 Å². The van der Waals surface area contributed by atoms with Gasteiger partial charge in [-0.15, -0.1) is 0 Å². The lowest BCUT2D eigenvalue weighted by Crippen LogP contribution is -2.41. The summed E-state index contributed by atoms with van der Waals surface area (Å²) in [7, 11) is 1.75. The number of hydrogen-bond donors (Lipinski definition) is 1. The van der Waals surface area contributed by atoms with Crippen LogP contribution in [0.3, 0.4) is 0 Å². The maximum atomic E-state index is 5.07. The predicted molar refractivity (Wildman–Crippen MR) is 57.1 cm³/mol. The van der Waals surface area contributed by atoms with Gasteiger partial charge >= 0.3 is 0 Å². The van der Waals surface area contributed by atoms with E-state index in [9.17, 15) is 0 Å². The lowest BCUT2D eigenvalue weighted by molar-refractivity contribution is 0.128. The molecule has 0 aromatic rings. The van der Waals surface area contributed by atoms with Crippen LogP contribution < -0.4 is 5.32 Å². The second-order valence-corrected chi connectivity index (χ2v) is 3.28. The fraction of sp³-hybridized carbons (Fsp3) is 1.00. The Balaban J connectivity index is 3.63. The molecule has 3 nitrogen and oxygen atoms in total. The Bertz CT molecular complexity index is 109. The number of ether oxygens (including phenoxy) is 1. The van der Waals surface area contributed by atoms with Crippen LogP contribution in [0.4, 0.5) is 0 Å². The normalized spacial score (nSPS) is 13.6. The van der Waals surface area contributed by atoms with Crippen molar-refractivity contribution < 1.29 is 4.74 Å². The number of nitrogens with zero attached hydrogens (tertiary/aromatic N) is 1. The summed E-state index contributed by atoms with van der Waals surface area (Å²) in [6.07, 6.45) is 0. The third kappa shape index (κ3) is 6.02. The quantitative estimate of drug-likeness (QED) is 0.614. The van der Waals surface area contributed by atoms with Gasteiger partial charge in [0.2, 0.25) is 0 Å². The lowest BCUT2D eigenvalue weighted by atomic mass is 10.2. The zero-order chi connectivity index (χ0) is 10.1. The molecule has 0 saturated carbocycles. The molecule has 0 aromatic heterocycles. The first-order valence-corrected chi connectivity index (χ1v) is 5.19. The van der Waals surface area contributed by atoms with Crippen molar-refractivity contribution in [3.05, 3.63) is 0 Å². The smallest absolute Gasteiger partial charge is 0.0589 e. The molecule has 0 saturated heterocycles. The average Bonchev–Trinajstić information content (AvgIpc) is 2.16. The van der Waals surface area contributed by atoms with Gasteiger partial charge in [0.15, 0.2) is 0 Å². The Kier molecular flexibility index (Phi) is 8.40. The molecule has 0 aliphatic heterocycles. The van der Waals surface area contributed by atoms with Crippen molar-refractivity contribution >= 4 is 0 Å². The van der Waals surface area contributed by atoms with Crippen LogP contribution >= 0.6 is 0 Å². The summed E-state index contributed by atoms with van der Waals surface area (Å²) < 4.78 is 5.07. The first-order valence-electron chi connectivity index (χ1n) is 5.19. The van der Waals surface area contributed by atoms with Crippen LogP contribution in [0, 0.1) is 0 Å². The number of likely N-dealkylation sites (N-methyl/N-ethyl adjacent to an activating group) is 2. The van der Waals surface area contributed by atoms with Gasteiger partial charge in [-0.3, -0.25) is 4.90 Å². The van der Waals surface area contributed by atoms with Gasteiger partial charge in [-0.25, -0.2) is 0 Å². The van der Waals surface area contributed by atoms with Gasteiger partial charge < -0.3 is 10.1 Å². The van der Waals surface area contributed by atoms with Crippen LogP contribution in [0.1, 0.15) is 20.8 Å². The third-order valence-electron chi connectivity index (χ3n) is 2.30. The molecule has 0 heterocycles. The molecule has 0 aliphatic rings. The highest BCUT2D eigenvalue weighted by Gasteiger charge is 2.09. The van der Waals surface area contributed by atoms with E-state index in [4.69, 9.17) is 4.74 Å². The summed E-state index contributed by atoms with van der Waals surface area (Å²) in [5.41, 5.74) is 0. The van der Waals surface area contributed by atoms with Crippen LogP contribution in [0.25, 0.3) is 0 Å². The van der Waals surface area contributed by atoms with E-state index in [1.807, 2.05) is 0 Å². The van der Waals surface area contributed by atoms with E-state index in [0.29, 0.717) is 6.04 Å². The van der Waals surface area contributed by atoms with Crippen molar-refractivity contribution in [2.45, 2.75) is 26.8 Å². The van der Waals surface area contributed by atoms with Gasteiger partial charge in [0.1, 0.15) is 0 Å². The van der Waals surface area contributed by atoms with Crippen molar-refractivity contribution in [3.63, 3.8) is 0 Å². The highest BCUT2D eigenvalue weighted by Crippen LogP contribution is 1.96. The predicted octanol–water partition coefficient (Wildman–Crippen LogP) is 0.953. The summed E-state index contributed by atoms with van der Waals surface area (Å²) in [6, 6.07) is 0.597. The average molecular weight is 188 g/mol. The summed E-state index contributed by atoms with van der Waals surface area (Å²) in [5, 5.41) is 3.36. The minimum atomic E-state index is 0.597. The van der Waals surface area contributed by atoms with Gasteiger partial charge in [0.25, 0.3) is 0 Å². The maximum absolute atomic E-state index is 5.07. The minimum Gasteiger partial charge on any atom is -0.383 e. The monoisotopic (exact) mass is 188 g/mol. The molecule has 1 atom stereocenters. The molecule has 13 heavy (non-hydrogen) atoms. The van der Waals surface area contributed by atoms with Crippen molar-refractivity contribution in [2.24, 2.45) is 0 Å². The van der Waals surface area contributed by atoms with Crippen LogP contribution in [0.5, 0.6) is 0 Å². The van der Waals surface area contributed by atoms with Crippen LogP contribution in [0.15, 0.2) is 0 Å². The molecule has 0 bridgehead atoms. The summed E-state index contributed by atoms with van der Waals surface area (Å²) in [4.78, 5) is 2.42. The Morgan fingerprint density at radius 2 is 2.08 bits per heavy atom. The zero-order valence-electron chi connectivity index (χ0n) is 9.47. The highest BCUT2D eigenvalue weighted by atomic mass is 16.5. The zero-order valence-corrected chi connectivity index (χ0v) is 9.47. The first-order chi connectivity index (χ1) is 6.26. The molecule has 0 aromatic carbocycles. The van der Waals surface area contributed by atoms with Crippen molar-refractivity contribution in [3.8, 4) is 0 Å². The Morgan fingerprint density at radius 1 is 1.38 bits per heavy atom. The Hall–Kier alpha value is -0.120. The number of nitrogens with one attached hydrogen (secondary N) is 1. The fourth-order valence-electron chi connectivity index (χ4n) is 1.38. The molecule has 0 aliphatic carbocycles. The lowest BCUT2D eigenvalue weighted by Gasteiger charge is -2.27. The highest BCUT2D eigenvalue weighted by molar-refractivity contribution is 4.67. The van der Waals surface area contributed by atoms with Crippen molar-refractivity contribution in [1.29, 1.82) is 0 Å². The molecular weight excluding hydrogens is 164 g/mol. The van der Waals surface area contributed by atoms with E-state index >= 15 is 0 Å². The van der Waals surface area contributed by atoms with Gasteiger partial charge in [0.05, 0.1) is 6.61 Å². The van der Waals surface area contributed by atoms with Crippen LogP contribution in [0.2, 0.25) is 0 Å². The molecule has 80 valence electrons. The molecule has 0 fully saturated rings. The van der Waals surface area contributed by atoms with Gasteiger partial charge in [-0.05, 0) is 20.0 Å². The van der Waals surface area contributed by atoms with Crippen molar-refractivity contribution in [1.82, 2.24) is 10.2 Å². The van der Waals surface area contributed by atoms with E-state index in [0.717, 1.165) is 32.8 Å². The summed E-state index contributed by atoms with van der Waals surface area (Å²) in [6.45, 7) is 11.6. The van der Waals surface area contributed by atoms with E-state index in [1.54, 1.807) is 7.11 Å². The maximum Gasteiger partial charge on any atom is 0.0589 e. The summed E-state index contributed by atoms with van der Waals surface area (Å²) >= 11 is 0. The number of hydrogen-bond acceptors (Lipinski definition) is 3. The molecule has 0 spiro atoms. The largest absolute Gasteiger partial charge is 0.383 e. The fourth-order valence-corrected chi connectivity index (χ4v) is 1.38. The second kappa shape index (κ2) is 8.48. The third-order valence-corrected chi connectivity index (χ3v) is 2.30. The van der Waals surface area contributed by atoms with E-state index in [-0.39, 0.29) is 0 Å². The van der Waals surface area contributed by atoms with E-state index in [1.165, 1.54) is 0 Å². The Morgan fingerprint density at radius 3 is 2.54 bits per heavy atom. The molecule has 0 radical (unpaired) electrons. The number of methoxy groups -OCH3 is 1. The molecule has 1 unspecified atom stereocenters. The standard InChI is InChI=1S/C10H24N2O/c1-5-11-9-10(3)12(6-2)7-8-13-4/h10-11H,5-9H2,1-4H3. The van der Waals surface area contributed by atoms with Gasteiger partial charge in [0, 0.05) is 26.2 Å². The molecule has 1 N–H and O–H groups in total. The van der Waals surface area contributed by atoms with Gasteiger partial charge in [-0.2, -0.15) is 0 Å². The number of rotatable bonds is 8. The summed E-state index contributed by atoms with van der Waals surface area (Å²) in [5.74, 6) is 0. The van der Waals surface area contributed by atoms with Crippen LogP contribution in [-0.4, -0.2) is 50.8 Å². The minimum absolute atomic E-state index is 0.597. The SMILES string of the molecule is CCNCC(C)N(CC)CCOC. The molecule has 0 rings (SSSR count). The molecular formula is C10H24N2O. The van der Waals surface area contributed by atoms with Crippen LogP contribution in [-0.2, 0) is 4.74 Å². The van der Waals surface area contributed by atoms with E-state index in [2.05, 4.69) is 31.0 Å². The van der Waals surface area contributed by atoms with E-state index < -0.39 is 0 Å². The topological polar surface area (TPSA) is 24.5 Å². The molecule has 0 amide bonds. The van der Waals surface area contributed by atoms with Gasteiger partial charge in [-0.1, -0.05) is 13.8 Å². The second-order valence-electron chi connectivity index (χ2n) is 3.28. The Labute approximate surface area is 82.4 Å².